The fourth-order valence-corrected chi connectivity index (χ4v) is 1.33. The van der Waals surface area contributed by atoms with Gasteiger partial charge in [-0.2, -0.15) is 0 Å². The predicted octanol–water partition coefficient (Wildman–Crippen LogP) is 2.85. The number of hydrogen-bond acceptors (Lipinski definition) is 3. The Balaban J connectivity index is 3.19. The van der Waals surface area contributed by atoms with Gasteiger partial charge in [0, 0.05) is 6.07 Å². The monoisotopic (exact) mass is 220 g/mol. The normalized spacial score (nSPS) is 11.1. The number of carbonyl (C=O) groups is 1. The number of ketones is 1. The number of carbonyl (C=O) groups excluding carboxylic acids is 1. The number of rotatable bonds is 4. The summed E-state index contributed by atoms with van der Waals surface area (Å²) in [7, 11) is 3.12. The first-order valence-electron chi connectivity index (χ1n) is 5.03. The molecular formula is C13H16O3. The summed E-state index contributed by atoms with van der Waals surface area (Å²) in [5.74, 6) is 1.18. The first-order valence-corrected chi connectivity index (χ1v) is 5.03. The zero-order valence-electron chi connectivity index (χ0n) is 10.0. The largest absolute Gasteiger partial charge is 0.497 e. The van der Waals surface area contributed by atoms with Crippen molar-refractivity contribution < 1.29 is 14.3 Å². The van der Waals surface area contributed by atoms with Gasteiger partial charge in [0.1, 0.15) is 11.5 Å². The highest BCUT2D eigenvalue weighted by molar-refractivity contribution is 6.10. The zero-order valence-corrected chi connectivity index (χ0v) is 10.0. The Kier molecular flexibility index (Phi) is 4.11. The molecule has 0 saturated carbocycles. The number of hydrogen-bond donors (Lipinski definition) is 0. The molecule has 0 fully saturated rings. The Hall–Kier alpha value is -1.77. The topological polar surface area (TPSA) is 35.5 Å². The molecule has 3 heteroatoms. The van der Waals surface area contributed by atoms with Gasteiger partial charge in [0.25, 0.3) is 0 Å². The lowest BCUT2D eigenvalue weighted by Gasteiger charge is -2.09. The molecule has 0 unspecified atom stereocenters. The van der Waals surface area contributed by atoms with Gasteiger partial charge in [0.05, 0.1) is 19.8 Å². The first-order chi connectivity index (χ1) is 7.63. The Morgan fingerprint density at radius 2 is 1.94 bits per heavy atom. The van der Waals surface area contributed by atoms with Crippen LogP contribution in [0, 0.1) is 0 Å². The van der Waals surface area contributed by atoms with Crippen LogP contribution in [0.1, 0.15) is 24.2 Å². The van der Waals surface area contributed by atoms with Gasteiger partial charge in [-0.1, -0.05) is 6.08 Å². The Morgan fingerprint density at radius 3 is 2.44 bits per heavy atom. The highest BCUT2D eigenvalue weighted by atomic mass is 16.5. The molecule has 0 heterocycles. The SMILES string of the molecule is C/C=C(\C)C(=O)c1ccc(OC)cc1OC. The average Bonchev–Trinajstić information content (AvgIpc) is 2.35. The fraction of sp³-hybridized carbons (Fsp3) is 0.308. The van der Waals surface area contributed by atoms with E-state index in [9.17, 15) is 4.79 Å². The molecule has 0 atom stereocenters. The van der Waals surface area contributed by atoms with Crippen molar-refractivity contribution in [2.24, 2.45) is 0 Å². The molecule has 3 nitrogen and oxygen atoms in total. The van der Waals surface area contributed by atoms with E-state index in [0.717, 1.165) is 0 Å². The van der Waals surface area contributed by atoms with E-state index in [4.69, 9.17) is 9.47 Å². The molecule has 0 saturated heterocycles. The number of methoxy groups -OCH3 is 2. The number of ether oxygens (including phenoxy) is 2. The summed E-state index contributed by atoms with van der Waals surface area (Å²) in [4.78, 5) is 12.0. The van der Waals surface area contributed by atoms with E-state index < -0.39 is 0 Å². The van der Waals surface area contributed by atoms with Gasteiger partial charge in [0.2, 0.25) is 0 Å². The van der Waals surface area contributed by atoms with Crippen molar-refractivity contribution in [3.8, 4) is 11.5 Å². The van der Waals surface area contributed by atoms with Crippen LogP contribution in [0.25, 0.3) is 0 Å². The highest BCUT2D eigenvalue weighted by Crippen LogP contribution is 2.26. The van der Waals surface area contributed by atoms with Gasteiger partial charge >= 0.3 is 0 Å². The quantitative estimate of drug-likeness (QED) is 0.578. The summed E-state index contributed by atoms with van der Waals surface area (Å²) in [5.41, 5.74) is 1.25. The molecule has 0 N–H and O–H groups in total. The summed E-state index contributed by atoms with van der Waals surface area (Å²) >= 11 is 0. The van der Waals surface area contributed by atoms with Crippen LogP contribution >= 0.6 is 0 Å². The Morgan fingerprint density at radius 1 is 1.25 bits per heavy atom. The maximum atomic E-state index is 12.0. The molecule has 0 spiro atoms. The molecule has 0 amide bonds. The minimum absolute atomic E-state index is 0.0259. The van der Waals surface area contributed by atoms with Crippen LogP contribution in [0.3, 0.4) is 0 Å². The highest BCUT2D eigenvalue weighted by Gasteiger charge is 2.14. The molecule has 0 aliphatic heterocycles. The van der Waals surface area contributed by atoms with E-state index in [1.54, 1.807) is 38.3 Å². The van der Waals surface area contributed by atoms with E-state index in [1.165, 1.54) is 7.11 Å². The maximum absolute atomic E-state index is 12.0. The minimum Gasteiger partial charge on any atom is -0.497 e. The Labute approximate surface area is 95.7 Å². The van der Waals surface area contributed by atoms with E-state index in [2.05, 4.69) is 0 Å². The van der Waals surface area contributed by atoms with E-state index in [-0.39, 0.29) is 5.78 Å². The van der Waals surface area contributed by atoms with Crippen LogP contribution in [-0.4, -0.2) is 20.0 Å². The predicted molar refractivity (Wildman–Crippen MR) is 63.3 cm³/mol. The van der Waals surface area contributed by atoms with E-state index >= 15 is 0 Å². The van der Waals surface area contributed by atoms with Gasteiger partial charge in [0.15, 0.2) is 5.78 Å². The van der Waals surface area contributed by atoms with E-state index in [1.807, 2.05) is 6.92 Å². The lowest BCUT2D eigenvalue weighted by atomic mass is 10.0. The number of allylic oxidation sites excluding steroid dienone is 2. The summed E-state index contributed by atoms with van der Waals surface area (Å²) in [5, 5.41) is 0. The van der Waals surface area contributed by atoms with Crippen molar-refractivity contribution in [1.82, 2.24) is 0 Å². The third-order valence-corrected chi connectivity index (χ3v) is 2.44. The standard InChI is InChI=1S/C13H16O3/c1-5-9(2)13(14)11-7-6-10(15-3)8-12(11)16-4/h5-8H,1-4H3/b9-5+. The van der Waals surface area contributed by atoms with Crippen LogP contribution in [-0.2, 0) is 0 Å². The zero-order chi connectivity index (χ0) is 12.1. The second kappa shape index (κ2) is 5.35. The smallest absolute Gasteiger partial charge is 0.192 e. The minimum atomic E-state index is -0.0259. The summed E-state index contributed by atoms with van der Waals surface area (Å²) in [6, 6.07) is 5.17. The molecule has 0 aliphatic carbocycles. The number of benzene rings is 1. The fourth-order valence-electron chi connectivity index (χ4n) is 1.33. The molecule has 0 bridgehead atoms. The summed E-state index contributed by atoms with van der Waals surface area (Å²) < 4.78 is 10.2. The van der Waals surface area contributed by atoms with Gasteiger partial charge in [-0.05, 0) is 31.6 Å². The molecule has 0 aliphatic rings. The van der Waals surface area contributed by atoms with Crippen molar-refractivity contribution in [3.63, 3.8) is 0 Å². The molecule has 86 valence electrons. The van der Waals surface area contributed by atoms with Gasteiger partial charge in [-0.15, -0.1) is 0 Å². The molecule has 1 rings (SSSR count). The van der Waals surface area contributed by atoms with Gasteiger partial charge < -0.3 is 9.47 Å². The molecule has 1 aromatic carbocycles. The van der Waals surface area contributed by atoms with Crippen LogP contribution in [0.2, 0.25) is 0 Å². The lowest BCUT2D eigenvalue weighted by Crippen LogP contribution is -2.03. The van der Waals surface area contributed by atoms with Gasteiger partial charge in [-0.25, -0.2) is 0 Å². The molecule has 1 aromatic rings. The van der Waals surface area contributed by atoms with Crippen molar-refractivity contribution in [1.29, 1.82) is 0 Å². The van der Waals surface area contributed by atoms with Crippen LogP contribution < -0.4 is 9.47 Å². The molecule has 0 aromatic heterocycles. The lowest BCUT2D eigenvalue weighted by molar-refractivity contribution is 0.103. The molecule has 0 radical (unpaired) electrons. The van der Waals surface area contributed by atoms with Crippen LogP contribution in [0.15, 0.2) is 29.8 Å². The van der Waals surface area contributed by atoms with Crippen LogP contribution in [0.5, 0.6) is 11.5 Å². The van der Waals surface area contributed by atoms with Crippen molar-refractivity contribution in [2.75, 3.05) is 14.2 Å². The second-order valence-electron chi connectivity index (χ2n) is 3.37. The third kappa shape index (κ3) is 2.42. The van der Waals surface area contributed by atoms with E-state index in [0.29, 0.717) is 22.6 Å². The van der Waals surface area contributed by atoms with Crippen LogP contribution in [0.4, 0.5) is 0 Å². The third-order valence-electron chi connectivity index (χ3n) is 2.44. The molecular weight excluding hydrogens is 204 g/mol. The second-order valence-corrected chi connectivity index (χ2v) is 3.37. The van der Waals surface area contributed by atoms with Crippen molar-refractivity contribution >= 4 is 5.78 Å². The van der Waals surface area contributed by atoms with Crippen molar-refractivity contribution in [3.05, 3.63) is 35.4 Å². The summed E-state index contributed by atoms with van der Waals surface area (Å²) in [6.45, 7) is 3.62. The first kappa shape index (κ1) is 12.3. The average molecular weight is 220 g/mol. The number of Topliss-reactive ketones (excluding diaryl/α,β-unsaturated/α-hetero) is 1. The maximum Gasteiger partial charge on any atom is 0.192 e. The molecule has 16 heavy (non-hydrogen) atoms. The van der Waals surface area contributed by atoms with Crippen molar-refractivity contribution in [2.45, 2.75) is 13.8 Å². The Bertz CT molecular complexity index is 419. The van der Waals surface area contributed by atoms with Gasteiger partial charge in [-0.3, -0.25) is 4.79 Å². The summed E-state index contributed by atoms with van der Waals surface area (Å²) in [6.07, 6.45) is 1.78.